The summed E-state index contributed by atoms with van der Waals surface area (Å²) in [5.74, 6) is -4.19. The van der Waals surface area contributed by atoms with Crippen LogP contribution in [0.5, 0.6) is 0 Å². The van der Waals surface area contributed by atoms with Crippen molar-refractivity contribution in [3.8, 4) is 0 Å². The highest BCUT2D eigenvalue weighted by molar-refractivity contribution is 7.84. The van der Waals surface area contributed by atoms with Gasteiger partial charge in [0.15, 0.2) is 16.6 Å². The fourth-order valence-corrected chi connectivity index (χ4v) is 5.55. The number of nitrogens with zero attached hydrogens (tertiary/aromatic N) is 6. The van der Waals surface area contributed by atoms with E-state index in [0.29, 0.717) is 25.3 Å². The zero-order chi connectivity index (χ0) is 29.1. The molecule has 2 aromatic heterocycles. The van der Waals surface area contributed by atoms with Crippen molar-refractivity contribution in [2.24, 2.45) is 16.8 Å². The van der Waals surface area contributed by atoms with Crippen molar-refractivity contribution >= 4 is 50.1 Å². The minimum atomic E-state index is -4.94. The molecule has 2 atom stereocenters. The third-order valence-corrected chi connectivity index (χ3v) is 8.06. The van der Waals surface area contributed by atoms with Gasteiger partial charge in [0.1, 0.15) is 5.69 Å². The third kappa shape index (κ3) is 6.61. The Morgan fingerprint density at radius 1 is 1.32 bits per heavy atom. The smallest absolute Gasteiger partial charge is 0.362 e. The maximum absolute atomic E-state index is 13.3. The molecule has 1 aliphatic carbocycles. The Hall–Kier alpha value is -3.52. The molecule has 2 aliphatic rings. The summed E-state index contributed by atoms with van der Waals surface area (Å²) in [6, 6.07) is -1.18. The number of anilines is 1. The number of carbonyl (C=O) groups excluding carboxylic acids is 2. The van der Waals surface area contributed by atoms with Gasteiger partial charge in [0.05, 0.1) is 30.4 Å². The van der Waals surface area contributed by atoms with E-state index in [4.69, 9.17) is 16.3 Å². The van der Waals surface area contributed by atoms with Crippen LogP contribution in [0.1, 0.15) is 43.5 Å². The summed E-state index contributed by atoms with van der Waals surface area (Å²) in [6.45, 7) is 1.47. The number of ketones is 1. The minimum Gasteiger partial charge on any atom is -0.478 e. The van der Waals surface area contributed by atoms with E-state index < -0.39 is 51.9 Å². The Kier molecular flexibility index (Phi) is 8.78. The van der Waals surface area contributed by atoms with Gasteiger partial charge >= 0.3 is 16.3 Å². The van der Waals surface area contributed by atoms with Gasteiger partial charge in [-0.05, 0) is 25.9 Å². The quantitative estimate of drug-likeness (QED) is 0.0498. The average molecular weight is 600 g/mol. The van der Waals surface area contributed by atoms with Crippen molar-refractivity contribution in [3.05, 3.63) is 23.0 Å². The van der Waals surface area contributed by atoms with Crippen molar-refractivity contribution in [2.45, 2.75) is 56.8 Å². The standard InChI is InChI=1S/C21H29N9O8S2/c22-5-1-2-6-24-8-12-9-25-29(27-12)10-15-13(18(32)30(15)40(35,36)37)7-16(31)17(14-11-39-20(23)26-14)28-38-21(3-4-21)19(33)34/h9,11,13,15,24H,1-8,10,22H2,(H2,23,26)(H,33,34)(H,35,36,37)/b28-17-/t13-,15+/m0/s1. The minimum absolute atomic E-state index is 0.0148. The summed E-state index contributed by atoms with van der Waals surface area (Å²) >= 11 is 1.01. The van der Waals surface area contributed by atoms with Crippen LogP contribution in [-0.4, -0.2) is 90.5 Å². The highest BCUT2D eigenvalue weighted by Crippen LogP contribution is 2.40. The van der Waals surface area contributed by atoms with Gasteiger partial charge in [-0.1, -0.05) is 5.16 Å². The molecule has 0 aromatic carbocycles. The van der Waals surface area contributed by atoms with E-state index in [0.717, 1.165) is 24.2 Å². The highest BCUT2D eigenvalue weighted by atomic mass is 32.2. The molecule has 40 heavy (non-hydrogen) atoms. The van der Waals surface area contributed by atoms with Gasteiger partial charge in [-0.25, -0.2) is 14.1 Å². The zero-order valence-corrected chi connectivity index (χ0v) is 22.8. The van der Waals surface area contributed by atoms with Gasteiger partial charge in [-0.15, -0.1) is 11.3 Å². The first kappa shape index (κ1) is 29.5. The first-order valence-electron chi connectivity index (χ1n) is 12.3. The lowest BCUT2D eigenvalue weighted by molar-refractivity contribution is -0.153. The molecule has 218 valence electrons. The number of aliphatic carboxylic acids is 1. The second-order valence-corrected chi connectivity index (χ2v) is 11.6. The number of unbranched alkanes of at least 4 members (excludes halogenated alkanes) is 1. The van der Waals surface area contributed by atoms with Crippen LogP contribution in [0.15, 0.2) is 16.7 Å². The molecule has 0 radical (unpaired) electrons. The summed E-state index contributed by atoms with van der Waals surface area (Å²) in [5.41, 5.74) is 9.81. The van der Waals surface area contributed by atoms with Gasteiger partial charge in [-0.3, -0.25) is 14.1 Å². The number of β-lactam (4-membered cyclic amide) rings is 1. The zero-order valence-electron chi connectivity index (χ0n) is 21.2. The van der Waals surface area contributed by atoms with E-state index in [2.05, 4.69) is 25.7 Å². The lowest BCUT2D eigenvalue weighted by atomic mass is 9.84. The van der Waals surface area contributed by atoms with E-state index >= 15 is 0 Å². The number of carboxylic acid groups (broad SMARTS) is 1. The Bertz CT molecular complexity index is 1400. The van der Waals surface area contributed by atoms with Crippen LogP contribution in [0.4, 0.5) is 5.13 Å². The molecule has 0 bridgehead atoms. The first-order valence-corrected chi connectivity index (χ1v) is 14.6. The number of oxime groups is 1. The molecule has 1 saturated carbocycles. The first-order chi connectivity index (χ1) is 18.9. The normalized spacial score (nSPS) is 20.3. The number of nitrogens with one attached hydrogen (secondary N) is 1. The second kappa shape index (κ2) is 11.9. The molecular formula is C21H29N9O8S2. The van der Waals surface area contributed by atoms with Gasteiger partial charge in [0, 0.05) is 31.2 Å². The molecular weight excluding hydrogens is 570 g/mol. The van der Waals surface area contributed by atoms with Crippen molar-refractivity contribution in [2.75, 3.05) is 18.8 Å². The summed E-state index contributed by atoms with van der Waals surface area (Å²) in [5, 5.41) is 26.2. The molecule has 0 unspecified atom stereocenters. The van der Waals surface area contributed by atoms with Crippen LogP contribution in [0.2, 0.25) is 0 Å². The average Bonchev–Trinajstić information content (AvgIpc) is 3.36. The lowest BCUT2D eigenvalue weighted by Gasteiger charge is -2.43. The number of nitrogen functional groups attached to an aromatic ring is 1. The molecule has 1 aliphatic heterocycles. The number of rotatable bonds is 16. The summed E-state index contributed by atoms with van der Waals surface area (Å²) in [6.07, 6.45) is 3.08. The monoisotopic (exact) mass is 599 g/mol. The maximum Gasteiger partial charge on any atom is 0.362 e. The number of aromatic nitrogens is 4. The summed E-state index contributed by atoms with van der Waals surface area (Å²) < 4.78 is 33.7. The van der Waals surface area contributed by atoms with Gasteiger partial charge in [0.2, 0.25) is 11.5 Å². The Morgan fingerprint density at radius 3 is 2.67 bits per heavy atom. The fourth-order valence-electron chi connectivity index (χ4n) is 4.09. The largest absolute Gasteiger partial charge is 0.478 e. The van der Waals surface area contributed by atoms with E-state index in [1.54, 1.807) is 0 Å². The highest BCUT2D eigenvalue weighted by Gasteiger charge is 2.56. The molecule has 1 amide bonds. The molecule has 3 heterocycles. The molecule has 2 fully saturated rings. The predicted molar refractivity (Wildman–Crippen MR) is 139 cm³/mol. The number of Topliss-reactive ketones (excluding diaryl/α,β-unsaturated/α-hetero) is 1. The van der Waals surface area contributed by atoms with E-state index in [1.807, 2.05) is 0 Å². The molecule has 0 spiro atoms. The molecule has 19 heteroatoms. The van der Waals surface area contributed by atoms with Crippen molar-refractivity contribution in [1.29, 1.82) is 0 Å². The van der Waals surface area contributed by atoms with Crippen molar-refractivity contribution in [3.63, 3.8) is 0 Å². The number of carbonyl (C=O) groups is 3. The predicted octanol–water partition coefficient (Wildman–Crippen LogP) is -1.23. The second-order valence-electron chi connectivity index (χ2n) is 9.38. The number of amides is 1. The van der Waals surface area contributed by atoms with Crippen LogP contribution in [0.3, 0.4) is 0 Å². The summed E-state index contributed by atoms with van der Waals surface area (Å²) in [7, 11) is -4.94. The fraction of sp³-hybridized carbons (Fsp3) is 0.571. The SMILES string of the molecule is NCCCCNCc1cnn(C[C@@H]2[C@H](CC(=O)/C(=N\OC3(C(=O)O)CC3)c3csc(N)n3)C(=O)N2S(=O)(=O)O)n1. The number of hydrogen-bond donors (Lipinski definition) is 5. The van der Waals surface area contributed by atoms with Crippen LogP contribution in [-0.2, 0) is 42.6 Å². The number of hydrogen-bond acceptors (Lipinski definition) is 14. The molecule has 7 N–H and O–H groups in total. The number of carboxylic acids is 1. The third-order valence-electron chi connectivity index (χ3n) is 6.44. The van der Waals surface area contributed by atoms with Gasteiger partial charge in [-0.2, -0.15) is 23.4 Å². The van der Waals surface area contributed by atoms with Crippen LogP contribution >= 0.6 is 11.3 Å². The van der Waals surface area contributed by atoms with Gasteiger partial charge in [0.25, 0.3) is 0 Å². The maximum atomic E-state index is 13.3. The van der Waals surface area contributed by atoms with Crippen molar-refractivity contribution < 1.29 is 37.3 Å². The van der Waals surface area contributed by atoms with E-state index in [-0.39, 0.29) is 40.2 Å². The van der Waals surface area contributed by atoms with Crippen molar-refractivity contribution in [1.82, 2.24) is 29.6 Å². The van der Waals surface area contributed by atoms with Gasteiger partial charge < -0.3 is 26.7 Å². The Labute approximate surface area is 232 Å². The Morgan fingerprint density at radius 2 is 2.08 bits per heavy atom. The van der Waals surface area contributed by atoms with Crippen LogP contribution in [0, 0.1) is 5.92 Å². The molecule has 17 nitrogen and oxygen atoms in total. The van der Waals surface area contributed by atoms with E-state index in [1.165, 1.54) is 16.4 Å². The number of thiazole rings is 1. The van der Waals surface area contributed by atoms with Crippen LogP contribution < -0.4 is 16.8 Å². The number of nitrogens with two attached hydrogens (primary N) is 2. The molecule has 4 rings (SSSR count). The lowest BCUT2D eigenvalue weighted by Crippen LogP contribution is -2.64. The molecule has 2 aromatic rings. The van der Waals surface area contributed by atoms with Crippen LogP contribution in [0.25, 0.3) is 0 Å². The molecule has 1 saturated heterocycles. The Balaban J connectivity index is 1.49. The van der Waals surface area contributed by atoms with E-state index in [9.17, 15) is 32.5 Å². The topological polar surface area (TPSA) is 258 Å². The summed E-state index contributed by atoms with van der Waals surface area (Å²) in [4.78, 5) is 47.9.